The van der Waals surface area contributed by atoms with E-state index in [1.54, 1.807) is 17.5 Å². The molecule has 0 aliphatic carbocycles. The lowest BCUT2D eigenvalue weighted by molar-refractivity contribution is 0.758. The number of pyridine rings is 1. The fourth-order valence-corrected chi connectivity index (χ4v) is 2.77. The smallest absolute Gasteiger partial charge is 0.136 e. The molecule has 0 fully saturated rings. The van der Waals surface area contributed by atoms with Crippen LogP contribution in [-0.4, -0.2) is 9.97 Å². The van der Waals surface area contributed by atoms with Gasteiger partial charge in [-0.15, -0.1) is 11.3 Å². The molecule has 1 unspecified atom stereocenters. The molecule has 0 aliphatic heterocycles. The topological polar surface area (TPSA) is 50.9 Å². The first-order valence-electron chi connectivity index (χ1n) is 5.77. The van der Waals surface area contributed by atoms with E-state index in [-0.39, 0.29) is 6.04 Å². The van der Waals surface area contributed by atoms with Crippen LogP contribution in [0.25, 0.3) is 0 Å². The average Bonchev–Trinajstić information content (AvgIpc) is 2.90. The zero-order valence-electron chi connectivity index (χ0n) is 10.1. The van der Waals surface area contributed by atoms with Gasteiger partial charge in [-0.05, 0) is 30.0 Å². The number of anilines is 1. The van der Waals surface area contributed by atoms with Crippen molar-refractivity contribution in [1.82, 2.24) is 4.98 Å². The van der Waals surface area contributed by atoms with Crippen LogP contribution in [0.5, 0.6) is 0 Å². The van der Waals surface area contributed by atoms with Gasteiger partial charge in [0.2, 0.25) is 0 Å². The Hall–Kier alpha value is -1.46. The standard InChI is InChI=1S/C13H15N3S2/c1-2-10(11-6-4-8-18-11)16-13-9(12(14)17)5-3-7-15-13/h3-8,10H,2H2,1H3,(H2,14,17)(H,15,16). The molecule has 0 saturated heterocycles. The molecular formula is C13H15N3S2. The van der Waals surface area contributed by atoms with Crippen LogP contribution in [0, 0.1) is 0 Å². The highest BCUT2D eigenvalue weighted by Crippen LogP contribution is 2.26. The molecule has 0 radical (unpaired) electrons. The molecular weight excluding hydrogens is 262 g/mol. The summed E-state index contributed by atoms with van der Waals surface area (Å²) in [5.41, 5.74) is 6.50. The minimum Gasteiger partial charge on any atom is -0.389 e. The van der Waals surface area contributed by atoms with Crippen LogP contribution in [0.2, 0.25) is 0 Å². The van der Waals surface area contributed by atoms with Gasteiger partial charge in [0.15, 0.2) is 0 Å². The van der Waals surface area contributed by atoms with E-state index in [0.717, 1.165) is 17.8 Å². The lowest BCUT2D eigenvalue weighted by atomic mass is 10.1. The normalized spacial score (nSPS) is 12.1. The Bertz CT molecular complexity index is 523. The lowest BCUT2D eigenvalue weighted by Crippen LogP contribution is -2.16. The number of rotatable bonds is 5. The van der Waals surface area contributed by atoms with Crippen molar-refractivity contribution in [2.75, 3.05) is 5.32 Å². The van der Waals surface area contributed by atoms with Crippen LogP contribution in [0.4, 0.5) is 5.82 Å². The third kappa shape index (κ3) is 2.86. The Morgan fingerprint density at radius 1 is 1.50 bits per heavy atom. The van der Waals surface area contributed by atoms with Gasteiger partial charge in [0.25, 0.3) is 0 Å². The summed E-state index contributed by atoms with van der Waals surface area (Å²) in [7, 11) is 0. The summed E-state index contributed by atoms with van der Waals surface area (Å²) in [4.78, 5) is 5.98. The van der Waals surface area contributed by atoms with Crippen LogP contribution in [0.3, 0.4) is 0 Å². The molecule has 0 aromatic carbocycles. The van der Waals surface area contributed by atoms with Crippen LogP contribution in [-0.2, 0) is 0 Å². The van der Waals surface area contributed by atoms with Crippen molar-refractivity contribution >= 4 is 34.4 Å². The summed E-state index contributed by atoms with van der Waals surface area (Å²) in [6, 6.07) is 8.14. The van der Waals surface area contributed by atoms with Gasteiger partial charge in [-0.3, -0.25) is 0 Å². The summed E-state index contributed by atoms with van der Waals surface area (Å²) in [6.45, 7) is 2.14. The Kier molecular flexibility index (Phi) is 4.28. The molecule has 2 heterocycles. The SMILES string of the molecule is CCC(Nc1ncccc1C(N)=S)c1cccs1. The first-order chi connectivity index (χ1) is 8.72. The largest absolute Gasteiger partial charge is 0.389 e. The van der Waals surface area contributed by atoms with Gasteiger partial charge in [0.05, 0.1) is 11.6 Å². The Labute approximate surface area is 116 Å². The Morgan fingerprint density at radius 3 is 2.94 bits per heavy atom. The third-order valence-corrected chi connectivity index (χ3v) is 3.88. The van der Waals surface area contributed by atoms with E-state index in [9.17, 15) is 0 Å². The molecule has 5 heteroatoms. The number of nitrogens with two attached hydrogens (primary N) is 1. The molecule has 18 heavy (non-hydrogen) atoms. The zero-order valence-corrected chi connectivity index (χ0v) is 11.7. The van der Waals surface area contributed by atoms with Crippen molar-refractivity contribution in [3.05, 3.63) is 46.3 Å². The number of nitrogens with one attached hydrogen (secondary N) is 1. The maximum atomic E-state index is 5.70. The van der Waals surface area contributed by atoms with Gasteiger partial charge in [-0.2, -0.15) is 0 Å². The van der Waals surface area contributed by atoms with E-state index in [1.165, 1.54) is 4.88 Å². The minimum absolute atomic E-state index is 0.244. The fourth-order valence-electron chi connectivity index (χ4n) is 1.75. The molecule has 0 saturated carbocycles. The molecule has 0 bridgehead atoms. The first kappa shape index (κ1) is 13.0. The summed E-state index contributed by atoms with van der Waals surface area (Å²) in [5.74, 6) is 0.755. The van der Waals surface area contributed by atoms with Gasteiger partial charge in [0.1, 0.15) is 10.8 Å². The van der Waals surface area contributed by atoms with Crippen LogP contribution >= 0.6 is 23.6 Å². The average molecular weight is 277 g/mol. The van der Waals surface area contributed by atoms with E-state index < -0.39 is 0 Å². The second kappa shape index (κ2) is 5.93. The minimum atomic E-state index is 0.244. The summed E-state index contributed by atoms with van der Waals surface area (Å²) >= 11 is 6.77. The van der Waals surface area contributed by atoms with Crippen molar-refractivity contribution in [3.8, 4) is 0 Å². The predicted octanol–water partition coefficient (Wildman–Crippen LogP) is 3.34. The Morgan fingerprint density at radius 2 is 2.33 bits per heavy atom. The first-order valence-corrected chi connectivity index (χ1v) is 7.06. The van der Waals surface area contributed by atoms with Crippen molar-refractivity contribution in [1.29, 1.82) is 0 Å². The maximum absolute atomic E-state index is 5.70. The van der Waals surface area contributed by atoms with Crippen molar-refractivity contribution in [2.45, 2.75) is 19.4 Å². The molecule has 94 valence electrons. The van der Waals surface area contributed by atoms with E-state index >= 15 is 0 Å². The number of thiophene rings is 1. The van der Waals surface area contributed by atoms with Gasteiger partial charge in [-0.1, -0.05) is 25.2 Å². The molecule has 0 amide bonds. The van der Waals surface area contributed by atoms with Gasteiger partial charge >= 0.3 is 0 Å². The fraction of sp³-hybridized carbons (Fsp3) is 0.231. The molecule has 3 nitrogen and oxygen atoms in total. The summed E-state index contributed by atoms with van der Waals surface area (Å²) < 4.78 is 0. The molecule has 2 rings (SSSR count). The quantitative estimate of drug-likeness (QED) is 0.823. The highest BCUT2D eigenvalue weighted by molar-refractivity contribution is 7.80. The number of hydrogen-bond donors (Lipinski definition) is 2. The monoisotopic (exact) mass is 277 g/mol. The highest BCUT2D eigenvalue weighted by Gasteiger charge is 2.13. The number of nitrogens with zero attached hydrogens (tertiary/aromatic N) is 1. The van der Waals surface area contributed by atoms with Crippen LogP contribution in [0.15, 0.2) is 35.8 Å². The molecule has 0 spiro atoms. The molecule has 2 aromatic rings. The van der Waals surface area contributed by atoms with E-state index in [4.69, 9.17) is 18.0 Å². The van der Waals surface area contributed by atoms with Crippen LogP contribution < -0.4 is 11.1 Å². The summed E-state index contributed by atoms with van der Waals surface area (Å²) in [6.07, 6.45) is 2.72. The lowest BCUT2D eigenvalue weighted by Gasteiger charge is -2.18. The second-order valence-corrected chi connectivity index (χ2v) is 5.30. The molecule has 0 aliphatic rings. The van der Waals surface area contributed by atoms with Crippen LogP contribution in [0.1, 0.15) is 29.8 Å². The molecule has 3 N–H and O–H groups in total. The number of aromatic nitrogens is 1. The zero-order chi connectivity index (χ0) is 13.0. The maximum Gasteiger partial charge on any atom is 0.136 e. The number of hydrogen-bond acceptors (Lipinski definition) is 4. The highest BCUT2D eigenvalue weighted by atomic mass is 32.1. The van der Waals surface area contributed by atoms with E-state index in [2.05, 4.69) is 34.7 Å². The van der Waals surface area contributed by atoms with E-state index in [1.807, 2.05) is 12.1 Å². The van der Waals surface area contributed by atoms with Crippen molar-refractivity contribution in [2.24, 2.45) is 5.73 Å². The predicted molar refractivity (Wildman–Crippen MR) is 81.1 cm³/mol. The summed E-state index contributed by atoms with van der Waals surface area (Å²) in [5, 5.41) is 5.49. The van der Waals surface area contributed by atoms with Gasteiger partial charge in [-0.25, -0.2) is 4.98 Å². The molecule has 1 atom stereocenters. The second-order valence-electron chi connectivity index (χ2n) is 3.88. The van der Waals surface area contributed by atoms with Gasteiger partial charge in [0, 0.05) is 11.1 Å². The Balaban J connectivity index is 2.25. The van der Waals surface area contributed by atoms with Crippen molar-refractivity contribution in [3.63, 3.8) is 0 Å². The van der Waals surface area contributed by atoms with Gasteiger partial charge < -0.3 is 11.1 Å². The third-order valence-electron chi connectivity index (χ3n) is 2.68. The van der Waals surface area contributed by atoms with E-state index in [0.29, 0.717) is 4.99 Å². The number of thiocarbonyl (C=S) groups is 1. The van der Waals surface area contributed by atoms with Crippen molar-refractivity contribution < 1.29 is 0 Å². The molecule has 2 aromatic heterocycles.